The molecule has 1 aromatic heterocycles. The molecule has 2 rings (SSSR count). The molecule has 0 fully saturated rings. The van der Waals surface area contributed by atoms with E-state index >= 15 is 0 Å². The quantitative estimate of drug-likeness (QED) is 0.807. The topological polar surface area (TPSA) is 12.9 Å². The van der Waals surface area contributed by atoms with Crippen LogP contribution in [0.15, 0.2) is 28.1 Å². The average molecular weight is 289 g/mol. The number of nitrogens with zero attached hydrogens (tertiary/aromatic N) is 1. The number of hydrogen-bond acceptors (Lipinski definition) is 2. The number of halogens is 3. The van der Waals surface area contributed by atoms with Gasteiger partial charge in [0.1, 0.15) is 10.8 Å². The molecule has 0 aliphatic carbocycles. The van der Waals surface area contributed by atoms with Gasteiger partial charge in [0.2, 0.25) is 0 Å². The van der Waals surface area contributed by atoms with E-state index in [4.69, 9.17) is 0 Å². The van der Waals surface area contributed by atoms with Crippen molar-refractivity contribution in [2.24, 2.45) is 0 Å². The summed E-state index contributed by atoms with van der Waals surface area (Å²) >= 11 is 4.48. The first kappa shape index (κ1) is 10.7. The summed E-state index contributed by atoms with van der Waals surface area (Å²) in [5.74, 6) is -0.303. The van der Waals surface area contributed by atoms with Gasteiger partial charge in [-0.3, -0.25) is 0 Å². The summed E-state index contributed by atoms with van der Waals surface area (Å²) in [5.41, 5.74) is 1.39. The SMILES string of the molecule is F[CH]c1nc(-c2ccc(F)cc2)c(Br)s1. The first-order chi connectivity index (χ1) is 7.20. The van der Waals surface area contributed by atoms with E-state index in [-0.39, 0.29) is 5.82 Å². The summed E-state index contributed by atoms with van der Waals surface area (Å²) in [5, 5.41) is 0.293. The number of benzene rings is 1. The fraction of sp³-hybridized carbons (Fsp3) is 0. The van der Waals surface area contributed by atoms with Crippen molar-refractivity contribution in [2.75, 3.05) is 0 Å². The Balaban J connectivity index is 2.44. The lowest BCUT2D eigenvalue weighted by Gasteiger charge is -1.96. The number of rotatable bonds is 2. The Morgan fingerprint density at radius 2 is 1.93 bits per heavy atom. The molecule has 1 aromatic carbocycles. The van der Waals surface area contributed by atoms with Crippen LogP contribution >= 0.6 is 27.3 Å². The first-order valence-electron chi connectivity index (χ1n) is 4.06. The molecule has 0 saturated heterocycles. The molecule has 0 bridgehead atoms. The Hall–Kier alpha value is -0.810. The fourth-order valence-electron chi connectivity index (χ4n) is 1.15. The molecule has 1 nitrogen and oxygen atoms in total. The molecule has 15 heavy (non-hydrogen) atoms. The van der Waals surface area contributed by atoms with Crippen LogP contribution in [0.4, 0.5) is 8.78 Å². The molecule has 0 saturated carbocycles. The van der Waals surface area contributed by atoms with Gasteiger partial charge in [-0.2, -0.15) is 0 Å². The minimum absolute atomic E-state index is 0.293. The second-order valence-electron chi connectivity index (χ2n) is 2.79. The summed E-state index contributed by atoms with van der Waals surface area (Å²) in [6.45, 7) is 0.447. The number of hydrogen-bond donors (Lipinski definition) is 0. The Morgan fingerprint density at radius 1 is 1.27 bits per heavy atom. The molecule has 0 aliphatic heterocycles. The maximum absolute atomic E-state index is 12.7. The van der Waals surface area contributed by atoms with Crippen molar-refractivity contribution < 1.29 is 8.78 Å². The molecule has 1 radical (unpaired) electrons. The lowest BCUT2D eigenvalue weighted by Crippen LogP contribution is -1.80. The normalized spacial score (nSPS) is 10.6. The van der Waals surface area contributed by atoms with E-state index in [9.17, 15) is 8.78 Å². The van der Waals surface area contributed by atoms with Crippen molar-refractivity contribution >= 4 is 27.3 Å². The fourth-order valence-corrected chi connectivity index (χ4v) is 2.59. The van der Waals surface area contributed by atoms with Gasteiger partial charge >= 0.3 is 0 Å². The van der Waals surface area contributed by atoms with Gasteiger partial charge in [0.05, 0.1) is 9.48 Å². The zero-order valence-corrected chi connectivity index (χ0v) is 9.78. The Bertz CT molecular complexity index is 467. The van der Waals surface area contributed by atoms with E-state index in [1.807, 2.05) is 0 Å². The molecule has 77 valence electrons. The number of thiazole rings is 1. The van der Waals surface area contributed by atoms with E-state index in [1.165, 1.54) is 23.5 Å². The Morgan fingerprint density at radius 3 is 2.47 bits per heavy atom. The van der Waals surface area contributed by atoms with E-state index in [0.29, 0.717) is 17.4 Å². The van der Waals surface area contributed by atoms with E-state index in [1.54, 1.807) is 12.1 Å². The molecule has 0 N–H and O–H groups in total. The molecular formula is C10H5BrF2NS. The third-order valence-electron chi connectivity index (χ3n) is 1.81. The Labute approximate surface area is 97.9 Å². The lowest BCUT2D eigenvalue weighted by atomic mass is 10.2. The maximum atomic E-state index is 12.7. The number of aromatic nitrogens is 1. The summed E-state index contributed by atoms with van der Waals surface area (Å²) in [6.07, 6.45) is 0. The monoisotopic (exact) mass is 288 g/mol. The lowest BCUT2D eigenvalue weighted by molar-refractivity contribution is 0.628. The first-order valence-corrected chi connectivity index (χ1v) is 5.67. The molecule has 1 heterocycles. The highest BCUT2D eigenvalue weighted by Gasteiger charge is 2.10. The van der Waals surface area contributed by atoms with Crippen LogP contribution in [-0.4, -0.2) is 4.98 Å². The highest BCUT2D eigenvalue weighted by Crippen LogP contribution is 2.33. The molecule has 5 heteroatoms. The van der Waals surface area contributed by atoms with Crippen molar-refractivity contribution in [3.05, 3.63) is 45.6 Å². The second-order valence-corrected chi connectivity index (χ2v) is 5.14. The third kappa shape index (κ3) is 2.23. The predicted molar refractivity (Wildman–Crippen MR) is 59.7 cm³/mol. The van der Waals surface area contributed by atoms with E-state index in [2.05, 4.69) is 20.9 Å². The minimum Gasteiger partial charge on any atom is -0.237 e. The highest BCUT2D eigenvalue weighted by molar-refractivity contribution is 9.11. The largest absolute Gasteiger partial charge is 0.237 e. The molecule has 0 unspecified atom stereocenters. The van der Waals surface area contributed by atoms with Gasteiger partial charge in [-0.05, 0) is 40.2 Å². The van der Waals surface area contributed by atoms with Crippen molar-refractivity contribution in [2.45, 2.75) is 0 Å². The van der Waals surface area contributed by atoms with Gasteiger partial charge in [-0.1, -0.05) is 0 Å². The maximum Gasteiger partial charge on any atom is 0.189 e. The van der Waals surface area contributed by atoms with E-state index in [0.717, 1.165) is 9.35 Å². The predicted octanol–water partition coefficient (Wildman–Crippen LogP) is 4.19. The molecule has 2 aromatic rings. The molecule has 0 spiro atoms. The van der Waals surface area contributed by atoms with Gasteiger partial charge in [0.15, 0.2) is 6.67 Å². The summed E-state index contributed by atoms with van der Waals surface area (Å²) in [4.78, 5) is 4.05. The van der Waals surface area contributed by atoms with Crippen LogP contribution < -0.4 is 0 Å². The van der Waals surface area contributed by atoms with Crippen LogP contribution in [0.1, 0.15) is 5.01 Å². The second kappa shape index (κ2) is 4.37. The van der Waals surface area contributed by atoms with Crippen LogP contribution in [0, 0.1) is 12.5 Å². The summed E-state index contributed by atoms with van der Waals surface area (Å²) in [6, 6.07) is 5.91. The van der Waals surface area contributed by atoms with Crippen molar-refractivity contribution in [3.8, 4) is 11.3 Å². The molecule has 0 amide bonds. The van der Waals surface area contributed by atoms with Gasteiger partial charge in [0, 0.05) is 5.56 Å². The van der Waals surface area contributed by atoms with Gasteiger partial charge in [0.25, 0.3) is 0 Å². The zero-order chi connectivity index (χ0) is 10.8. The standard InChI is InChI=1S/C10H5BrF2NS/c11-10-9(14-8(5-12)15-10)6-1-3-7(13)4-2-6/h1-5H. The molecular weight excluding hydrogens is 284 g/mol. The summed E-state index contributed by atoms with van der Waals surface area (Å²) in [7, 11) is 0. The highest BCUT2D eigenvalue weighted by atomic mass is 79.9. The van der Waals surface area contributed by atoms with Crippen LogP contribution in [0.5, 0.6) is 0 Å². The van der Waals surface area contributed by atoms with Gasteiger partial charge in [-0.15, -0.1) is 11.3 Å². The third-order valence-corrected chi connectivity index (χ3v) is 3.44. The van der Waals surface area contributed by atoms with Crippen molar-refractivity contribution in [3.63, 3.8) is 0 Å². The van der Waals surface area contributed by atoms with Crippen LogP contribution in [0.2, 0.25) is 0 Å². The zero-order valence-electron chi connectivity index (χ0n) is 7.38. The van der Waals surface area contributed by atoms with E-state index < -0.39 is 0 Å². The van der Waals surface area contributed by atoms with Gasteiger partial charge < -0.3 is 0 Å². The minimum atomic E-state index is -0.303. The average Bonchev–Trinajstić information content (AvgIpc) is 2.61. The Kier molecular flexibility index (Phi) is 3.11. The van der Waals surface area contributed by atoms with Crippen LogP contribution in [0.3, 0.4) is 0 Å². The van der Waals surface area contributed by atoms with Gasteiger partial charge in [-0.25, -0.2) is 13.8 Å². The smallest absolute Gasteiger partial charge is 0.189 e. The van der Waals surface area contributed by atoms with Crippen molar-refractivity contribution in [1.82, 2.24) is 4.98 Å². The van der Waals surface area contributed by atoms with Crippen LogP contribution in [0.25, 0.3) is 11.3 Å². The molecule has 0 atom stereocenters. The van der Waals surface area contributed by atoms with Crippen molar-refractivity contribution in [1.29, 1.82) is 0 Å². The van der Waals surface area contributed by atoms with Crippen LogP contribution in [-0.2, 0) is 0 Å². The molecule has 0 aliphatic rings. The summed E-state index contributed by atoms with van der Waals surface area (Å²) < 4.78 is 25.7.